The number of anilines is 1. The molecule has 0 fully saturated rings. The molecule has 0 unspecified atom stereocenters. The summed E-state index contributed by atoms with van der Waals surface area (Å²) in [5.41, 5.74) is 6.53. The van der Waals surface area contributed by atoms with Gasteiger partial charge in [-0.15, -0.1) is 0 Å². The van der Waals surface area contributed by atoms with Crippen LogP contribution in [0, 0.1) is 0 Å². The molecule has 0 aliphatic carbocycles. The van der Waals surface area contributed by atoms with Gasteiger partial charge in [0, 0.05) is 13.1 Å². The number of hydrogen-bond acceptors (Lipinski definition) is 5. The third-order valence-electron chi connectivity index (χ3n) is 2.65. The average molecular weight is 267 g/mol. The SMILES string of the molecule is COc1ccc(N)c(OC)c1C(=O)NCCN(C)C. The van der Waals surface area contributed by atoms with Crippen molar-refractivity contribution in [2.75, 3.05) is 47.1 Å². The lowest BCUT2D eigenvalue weighted by Crippen LogP contribution is -2.31. The summed E-state index contributed by atoms with van der Waals surface area (Å²) in [6.45, 7) is 1.28. The van der Waals surface area contributed by atoms with Crippen LogP contribution in [0.1, 0.15) is 10.4 Å². The van der Waals surface area contributed by atoms with E-state index < -0.39 is 0 Å². The van der Waals surface area contributed by atoms with Gasteiger partial charge in [0.25, 0.3) is 5.91 Å². The molecule has 19 heavy (non-hydrogen) atoms. The van der Waals surface area contributed by atoms with Crippen LogP contribution in [0.4, 0.5) is 5.69 Å². The van der Waals surface area contributed by atoms with Gasteiger partial charge in [0.05, 0.1) is 19.9 Å². The number of methoxy groups -OCH3 is 2. The van der Waals surface area contributed by atoms with E-state index in [9.17, 15) is 4.79 Å². The summed E-state index contributed by atoms with van der Waals surface area (Å²) in [6, 6.07) is 3.30. The molecular formula is C13H21N3O3. The minimum absolute atomic E-state index is 0.261. The van der Waals surface area contributed by atoms with Crippen molar-refractivity contribution < 1.29 is 14.3 Å². The molecule has 6 heteroatoms. The summed E-state index contributed by atoms with van der Waals surface area (Å²) in [7, 11) is 6.85. The number of nitrogens with zero attached hydrogens (tertiary/aromatic N) is 1. The van der Waals surface area contributed by atoms with Crippen LogP contribution in [-0.2, 0) is 0 Å². The molecule has 0 aromatic heterocycles. The Morgan fingerprint density at radius 1 is 1.32 bits per heavy atom. The molecule has 0 heterocycles. The van der Waals surface area contributed by atoms with Crippen molar-refractivity contribution in [1.82, 2.24) is 10.2 Å². The van der Waals surface area contributed by atoms with Crippen LogP contribution >= 0.6 is 0 Å². The van der Waals surface area contributed by atoms with Gasteiger partial charge in [-0.2, -0.15) is 0 Å². The molecule has 1 aromatic rings. The Bertz CT molecular complexity index is 447. The fourth-order valence-electron chi connectivity index (χ4n) is 1.67. The van der Waals surface area contributed by atoms with E-state index in [-0.39, 0.29) is 5.91 Å². The molecule has 0 atom stereocenters. The molecule has 1 aromatic carbocycles. The highest BCUT2D eigenvalue weighted by molar-refractivity contribution is 6.01. The summed E-state index contributed by atoms with van der Waals surface area (Å²) >= 11 is 0. The third kappa shape index (κ3) is 3.75. The van der Waals surface area contributed by atoms with E-state index in [0.29, 0.717) is 29.3 Å². The molecule has 1 amide bonds. The molecule has 0 saturated heterocycles. The lowest BCUT2D eigenvalue weighted by Gasteiger charge is -2.15. The molecule has 0 aliphatic heterocycles. The van der Waals surface area contributed by atoms with E-state index in [0.717, 1.165) is 6.54 Å². The minimum atomic E-state index is -0.261. The second kappa shape index (κ2) is 6.84. The number of carbonyl (C=O) groups is 1. The fourth-order valence-corrected chi connectivity index (χ4v) is 1.67. The van der Waals surface area contributed by atoms with Crippen molar-refractivity contribution in [2.45, 2.75) is 0 Å². The molecule has 0 radical (unpaired) electrons. The Morgan fingerprint density at radius 2 is 2.00 bits per heavy atom. The van der Waals surface area contributed by atoms with Crippen LogP contribution in [0.5, 0.6) is 11.5 Å². The summed E-state index contributed by atoms with van der Waals surface area (Å²) in [6.07, 6.45) is 0. The van der Waals surface area contributed by atoms with E-state index >= 15 is 0 Å². The van der Waals surface area contributed by atoms with Crippen molar-refractivity contribution >= 4 is 11.6 Å². The molecule has 106 valence electrons. The van der Waals surface area contributed by atoms with Gasteiger partial charge >= 0.3 is 0 Å². The lowest BCUT2D eigenvalue weighted by atomic mass is 10.1. The molecule has 0 bridgehead atoms. The number of hydrogen-bond donors (Lipinski definition) is 2. The van der Waals surface area contributed by atoms with Crippen molar-refractivity contribution in [3.05, 3.63) is 17.7 Å². The Labute approximate surface area is 113 Å². The number of benzene rings is 1. The highest BCUT2D eigenvalue weighted by Crippen LogP contribution is 2.33. The summed E-state index contributed by atoms with van der Waals surface area (Å²) in [5, 5.41) is 2.81. The first-order valence-corrected chi connectivity index (χ1v) is 5.94. The van der Waals surface area contributed by atoms with Gasteiger partial charge < -0.3 is 25.4 Å². The Balaban J connectivity index is 2.96. The van der Waals surface area contributed by atoms with Crippen molar-refractivity contribution in [1.29, 1.82) is 0 Å². The Morgan fingerprint density at radius 3 is 2.53 bits per heavy atom. The summed E-state index contributed by atoms with van der Waals surface area (Å²) in [4.78, 5) is 14.2. The van der Waals surface area contributed by atoms with Gasteiger partial charge in [-0.1, -0.05) is 0 Å². The normalized spacial score (nSPS) is 10.4. The molecule has 6 nitrogen and oxygen atoms in total. The molecule has 0 aliphatic rings. The monoisotopic (exact) mass is 267 g/mol. The van der Waals surface area contributed by atoms with Gasteiger partial charge in [0.15, 0.2) is 5.75 Å². The summed E-state index contributed by atoms with van der Waals surface area (Å²) < 4.78 is 10.4. The molecule has 1 rings (SSSR count). The van der Waals surface area contributed by atoms with E-state index in [2.05, 4.69) is 5.32 Å². The van der Waals surface area contributed by atoms with E-state index in [1.807, 2.05) is 19.0 Å². The highest BCUT2D eigenvalue weighted by atomic mass is 16.5. The van der Waals surface area contributed by atoms with Crippen molar-refractivity contribution in [3.63, 3.8) is 0 Å². The number of nitrogen functional groups attached to an aromatic ring is 1. The smallest absolute Gasteiger partial charge is 0.258 e. The van der Waals surface area contributed by atoms with Gasteiger partial charge in [-0.05, 0) is 26.2 Å². The van der Waals surface area contributed by atoms with Crippen LogP contribution < -0.4 is 20.5 Å². The largest absolute Gasteiger partial charge is 0.496 e. The van der Waals surface area contributed by atoms with Crippen LogP contribution in [0.25, 0.3) is 0 Å². The number of ether oxygens (including phenoxy) is 2. The first kappa shape index (κ1) is 15.1. The maximum atomic E-state index is 12.2. The Hall–Kier alpha value is -1.95. The van der Waals surface area contributed by atoms with Crippen LogP contribution in [-0.4, -0.2) is 52.2 Å². The quantitative estimate of drug-likeness (QED) is 0.737. The average Bonchev–Trinajstić information content (AvgIpc) is 2.37. The van der Waals surface area contributed by atoms with Gasteiger partial charge in [0.2, 0.25) is 0 Å². The number of carbonyl (C=O) groups excluding carboxylic acids is 1. The van der Waals surface area contributed by atoms with Gasteiger partial charge in [0.1, 0.15) is 11.3 Å². The zero-order valence-corrected chi connectivity index (χ0v) is 11.8. The lowest BCUT2D eigenvalue weighted by molar-refractivity contribution is 0.0945. The topological polar surface area (TPSA) is 76.8 Å². The number of likely N-dealkylation sites (N-methyl/N-ethyl adjacent to an activating group) is 1. The maximum absolute atomic E-state index is 12.2. The third-order valence-corrected chi connectivity index (χ3v) is 2.65. The first-order valence-electron chi connectivity index (χ1n) is 5.94. The van der Waals surface area contributed by atoms with Crippen LogP contribution in [0.15, 0.2) is 12.1 Å². The molecule has 0 saturated carbocycles. The van der Waals surface area contributed by atoms with Crippen molar-refractivity contribution in [3.8, 4) is 11.5 Å². The second-order valence-electron chi connectivity index (χ2n) is 4.32. The van der Waals surface area contributed by atoms with Crippen molar-refractivity contribution in [2.24, 2.45) is 0 Å². The highest BCUT2D eigenvalue weighted by Gasteiger charge is 2.20. The van der Waals surface area contributed by atoms with Crippen LogP contribution in [0.3, 0.4) is 0 Å². The molecule has 0 spiro atoms. The van der Waals surface area contributed by atoms with Gasteiger partial charge in [-0.25, -0.2) is 0 Å². The Kier molecular flexibility index (Phi) is 5.44. The van der Waals surface area contributed by atoms with E-state index in [4.69, 9.17) is 15.2 Å². The zero-order chi connectivity index (χ0) is 14.4. The van der Waals surface area contributed by atoms with E-state index in [1.165, 1.54) is 14.2 Å². The zero-order valence-electron chi connectivity index (χ0n) is 11.8. The van der Waals surface area contributed by atoms with Gasteiger partial charge in [-0.3, -0.25) is 4.79 Å². The molecule has 3 N–H and O–H groups in total. The van der Waals surface area contributed by atoms with Crippen LogP contribution in [0.2, 0.25) is 0 Å². The first-order chi connectivity index (χ1) is 9.01. The minimum Gasteiger partial charge on any atom is -0.496 e. The molecular weight excluding hydrogens is 246 g/mol. The standard InChI is InChI=1S/C13H21N3O3/c1-16(2)8-7-15-13(17)11-10(18-3)6-5-9(14)12(11)19-4/h5-6H,7-8,14H2,1-4H3,(H,15,17). The summed E-state index contributed by atoms with van der Waals surface area (Å²) in [5.74, 6) is 0.512. The predicted molar refractivity (Wildman–Crippen MR) is 74.8 cm³/mol. The maximum Gasteiger partial charge on any atom is 0.258 e. The number of rotatable bonds is 6. The number of amides is 1. The predicted octanol–water partition coefficient (Wildman–Crippen LogP) is 0.577. The van der Waals surface area contributed by atoms with E-state index in [1.54, 1.807) is 12.1 Å². The number of nitrogens with one attached hydrogen (secondary N) is 1. The fraction of sp³-hybridized carbons (Fsp3) is 0.462. The number of nitrogens with two attached hydrogens (primary N) is 1. The second-order valence-corrected chi connectivity index (χ2v) is 4.32.